The highest BCUT2D eigenvalue weighted by Gasteiger charge is 2.24. The van der Waals surface area contributed by atoms with Gasteiger partial charge in [-0.2, -0.15) is 0 Å². The normalized spacial score (nSPS) is 17.7. The number of amides is 1. The summed E-state index contributed by atoms with van der Waals surface area (Å²) in [6.45, 7) is 4.86. The fourth-order valence-corrected chi connectivity index (χ4v) is 5.85. The monoisotopic (exact) mass is 475 g/mol. The molecule has 0 bridgehead atoms. The second-order valence-electron chi connectivity index (χ2n) is 10.0. The molecule has 0 spiro atoms. The first kappa shape index (κ1) is 23.7. The number of benzene rings is 2. The molecular formula is C29H37N3O3. The zero-order chi connectivity index (χ0) is 24.4. The van der Waals surface area contributed by atoms with Crippen LogP contribution in [-0.4, -0.2) is 48.7 Å². The number of carbonyl (C=O) groups is 1. The first-order valence-corrected chi connectivity index (χ1v) is 12.9. The number of para-hydroxylation sites is 1. The van der Waals surface area contributed by atoms with Crippen molar-refractivity contribution in [2.24, 2.45) is 0 Å². The molecule has 5 rings (SSSR count). The number of hydrogen-bond acceptors (Lipinski definition) is 4. The van der Waals surface area contributed by atoms with Gasteiger partial charge in [0.1, 0.15) is 11.5 Å². The highest BCUT2D eigenvalue weighted by molar-refractivity contribution is 5.95. The summed E-state index contributed by atoms with van der Waals surface area (Å²) in [7, 11) is 3.23. The number of nitrogens with zero attached hydrogens (tertiary/aromatic N) is 2. The Bertz CT molecular complexity index is 1160. The molecule has 0 unspecified atom stereocenters. The Balaban J connectivity index is 1.22. The van der Waals surface area contributed by atoms with E-state index in [-0.39, 0.29) is 11.9 Å². The van der Waals surface area contributed by atoms with E-state index in [1.807, 2.05) is 6.92 Å². The molecule has 3 aromatic rings. The Labute approximate surface area is 208 Å². The standard InChI is InChI=1S/C29H37N3O3/c1-20-27(34-2)16-21(17-28(20)35-3)29(33)30-23-12-14-31(15-13-23)18-22-19-32(24-8-4-5-9-24)26-11-7-6-10-25(22)26/h6-7,10-11,16-17,19,23-24H,4-5,8-9,12-15,18H2,1-3H3,(H,30,33). The first-order valence-electron chi connectivity index (χ1n) is 12.9. The summed E-state index contributed by atoms with van der Waals surface area (Å²) < 4.78 is 13.4. The van der Waals surface area contributed by atoms with Crippen molar-refractivity contribution >= 4 is 16.8 Å². The van der Waals surface area contributed by atoms with Crippen LogP contribution in [0.1, 0.15) is 66.1 Å². The summed E-state index contributed by atoms with van der Waals surface area (Å²) in [4.78, 5) is 15.5. The summed E-state index contributed by atoms with van der Waals surface area (Å²) in [5.74, 6) is 1.27. The van der Waals surface area contributed by atoms with Gasteiger partial charge in [-0.05, 0) is 56.4 Å². The third-order valence-electron chi connectivity index (χ3n) is 7.87. The molecule has 1 aliphatic carbocycles. The number of ether oxygens (including phenoxy) is 2. The molecule has 1 aliphatic heterocycles. The molecule has 186 valence electrons. The molecule has 1 N–H and O–H groups in total. The summed E-state index contributed by atoms with van der Waals surface area (Å²) in [5.41, 5.74) is 4.27. The van der Waals surface area contributed by atoms with Crippen molar-refractivity contribution in [1.29, 1.82) is 0 Å². The molecule has 2 fully saturated rings. The van der Waals surface area contributed by atoms with Crippen LogP contribution in [0.25, 0.3) is 10.9 Å². The molecule has 2 heterocycles. The van der Waals surface area contributed by atoms with Crippen LogP contribution in [0.15, 0.2) is 42.6 Å². The molecule has 35 heavy (non-hydrogen) atoms. The summed E-state index contributed by atoms with van der Waals surface area (Å²) in [6.07, 6.45) is 9.58. The second-order valence-corrected chi connectivity index (χ2v) is 10.0. The van der Waals surface area contributed by atoms with E-state index in [4.69, 9.17) is 9.47 Å². The third-order valence-corrected chi connectivity index (χ3v) is 7.87. The second kappa shape index (κ2) is 10.3. The van der Waals surface area contributed by atoms with Crippen LogP contribution in [0.4, 0.5) is 0 Å². The van der Waals surface area contributed by atoms with Crippen molar-refractivity contribution < 1.29 is 14.3 Å². The van der Waals surface area contributed by atoms with Gasteiger partial charge < -0.3 is 19.4 Å². The summed E-state index contributed by atoms with van der Waals surface area (Å²) in [5, 5.41) is 4.62. The molecule has 0 atom stereocenters. The number of piperidine rings is 1. The predicted molar refractivity (Wildman–Crippen MR) is 139 cm³/mol. The number of methoxy groups -OCH3 is 2. The van der Waals surface area contributed by atoms with Gasteiger partial charge in [0.15, 0.2) is 0 Å². The molecule has 6 heteroatoms. The molecule has 2 aliphatic rings. The number of carbonyl (C=O) groups excluding carboxylic acids is 1. The molecule has 1 saturated carbocycles. The zero-order valence-electron chi connectivity index (χ0n) is 21.2. The maximum atomic E-state index is 13.0. The molecule has 1 amide bonds. The van der Waals surface area contributed by atoms with E-state index in [1.165, 1.54) is 42.1 Å². The molecule has 0 radical (unpaired) electrons. The van der Waals surface area contributed by atoms with E-state index in [0.717, 1.165) is 38.0 Å². The number of likely N-dealkylation sites (tertiary alicyclic amines) is 1. The minimum atomic E-state index is -0.0697. The molecule has 2 aromatic carbocycles. The number of hydrogen-bond donors (Lipinski definition) is 1. The van der Waals surface area contributed by atoms with Crippen molar-refractivity contribution in [3.8, 4) is 11.5 Å². The van der Waals surface area contributed by atoms with Gasteiger partial charge in [-0.25, -0.2) is 0 Å². The summed E-state index contributed by atoms with van der Waals surface area (Å²) >= 11 is 0. The van der Waals surface area contributed by atoms with Crippen LogP contribution >= 0.6 is 0 Å². The van der Waals surface area contributed by atoms with E-state index >= 15 is 0 Å². The van der Waals surface area contributed by atoms with Crippen molar-refractivity contribution in [3.63, 3.8) is 0 Å². The van der Waals surface area contributed by atoms with Gasteiger partial charge in [-0.15, -0.1) is 0 Å². The summed E-state index contributed by atoms with van der Waals surface area (Å²) in [6, 6.07) is 13.3. The maximum absolute atomic E-state index is 13.0. The smallest absolute Gasteiger partial charge is 0.251 e. The van der Waals surface area contributed by atoms with Crippen molar-refractivity contribution in [1.82, 2.24) is 14.8 Å². The average molecular weight is 476 g/mol. The van der Waals surface area contributed by atoms with Gasteiger partial charge in [-0.1, -0.05) is 31.0 Å². The fourth-order valence-electron chi connectivity index (χ4n) is 5.85. The Kier molecular flexibility index (Phi) is 7.00. The van der Waals surface area contributed by atoms with E-state index in [1.54, 1.807) is 26.4 Å². The number of aromatic nitrogens is 1. The Morgan fingerprint density at radius 3 is 2.31 bits per heavy atom. The first-order chi connectivity index (χ1) is 17.1. The van der Waals surface area contributed by atoms with E-state index in [0.29, 0.717) is 23.1 Å². The number of rotatable bonds is 7. The minimum absolute atomic E-state index is 0.0697. The van der Waals surface area contributed by atoms with Crippen LogP contribution in [0.5, 0.6) is 11.5 Å². The molecule has 6 nitrogen and oxygen atoms in total. The van der Waals surface area contributed by atoms with Crippen LogP contribution in [0, 0.1) is 6.92 Å². The lowest BCUT2D eigenvalue weighted by Crippen LogP contribution is -2.44. The van der Waals surface area contributed by atoms with Gasteiger partial charge in [0.05, 0.1) is 14.2 Å². The Morgan fingerprint density at radius 1 is 1.00 bits per heavy atom. The van der Waals surface area contributed by atoms with Gasteiger partial charge in [0, 0.05) is 59.9 Å². The fraction of sp³-hybridized carbons (Fsp3) is 0.483. The van der Waals surface area contributed by atoms with Crippen molar-refractivity contribution in [2.45, 2.75) is 64.1 Å². The SMILES string of the molecule is COc1cc(C(=O)NC2CCN(Cc3cn(C4CCCC4)c4ccccc34)CC2)cc(OC)c1C. The van der Waals surface area contributed by atoms with E-state index in [2.05, 4.69) is 45.2 Å². The zero-order valence-corrected chi connectivity index (χ0v) is 21.2. The van der Waals surface area contributed by atoms with Gasteiger partial charge >= 0.3 is 0 Å². The molecule has 1 aromatic heterocycles. The van der Waals surface area contributed by atoms with Crippen LogP contribution < -0.4 is 14.8 Å². The van der Waals surface area contributed by atoms with Crippen LogP contribution in [-0.2, 0) is 6.54 Å². The van der Waals surface area contributed by atoms with E-state index in [9.17, 15) is 4.79 Å². The molecule has 1 saturated heterocycles. The van der Waals surface area contributed by atoms with E-state index < -0.39 is 0 Å². The Hall–Kier alpha value is -2.99. The highest BCUT2D eigenvalue weighted by Crippen LogP contribution is 2.35. The van der Waals surface area contributed by atoms with Crippen molar-refractivity contribution in [2.75, 3.05) is 27.3 Å². The largest absolute Gasteiger partial charge is 0.496 e. The van der Waals surface area contributed by atoms with Crippen LogP contribution in [0.3, 0.4) is 0 Å². The molecular weight excluding hydrogens is 438 g/mol. The predicted octanol–water partition coefficient (Wildman–Crippen LogP) is 5.48. The average Bonchev–Trinajstić information content (AvgIpc) is 3.54. The minimum Gasteiger partial charge on any atom is -0.496 e. The highest BCUT2D eigenvalue weighted by atomic mass is 16.5. The van der Waals surface area contributed by atoms with Gasteiger partial charge in [-0.3, -0.25) is 9.69 Å². The van der Waals surface area contributed by atoms with Gasteiger partial charge in [0.25, 0.3) is 5.91 Å². The van der Waals surface area contributed by atoms with Gasteiger partial charge in [0.2, 0.25) is 0 Å². The quantitative estimate of drug-likeness (QED) is 0.492. The number of fused-ring (bicyclic) bond motifs is 1. The van der Waals surface area contributed by atoms with Crippen molar-refractivity contribution in [3.05, 3.63) is 59.3 Å². The van der Waals surface area contributed by atoms with Crippen LogP contribution in [0.2, 0.25) is 0 Å². The third kappa shape index (κ3) is 4.90. The maximum Gasteiger partial charge on any atom is 0.251 e. The Morgan fingerprint density at radius 2 is 1.66 bits per heavy atom. The lowest BCUT2D eigenvalue weighted by atomic mass is 10.0. The lowest BCUT2D eigenvalue weighted by molar-refractivity contribution is 0.0908. The lowest BCUT2D eigenvalue weighted by Gasteiger charge is -2.32. The number of nitrogens with one attached hydrogen (secondary N) is 1. The topological polar surface area (TPSA) is 55.7 Å².